The van der Waals surface area contributed by atoms with E-state index in [1.54, 1.807) is 0 Å². The normalized spacial score (nSPS) is 43.0. The van der Waals surface area contributed by atoms with Gasteiger partial charge in [0, 0.05) is 7.11 Å². The zero-order valence-electron chi connectivity index (χ0n) is 6.88. The Labute approximate surface area is 70.5 Å². The zero-order valence-corrected chi connectivity index (χ0v) is 6.88. The number of methoxy groups -OCH3 is 1. The van der Waals surface area contributed by atoms with Crippen LogP contribution in [0.25, 0.3) is 0 Å². The number of hydrogen-bond acceptors (Lipinski definition) is 5. The molecule has 1 fully saturated rings. The maximum absolute atomic E-state index is 9.37. The third-order valence-electron chi connectivity index (χ3n) is 2.03. The van der Waals surface area contributed by atoms with Crippen LogP contribution < -0.4 is 0 Å². The minimum Gasteiger partial charge on any atom is -0.394 e. The van der Waals surface area contributed by atoms with Gasteiger partial charge in [0.25, 0.3) is 0 Å². The summed E-state index contributed by atoms with van der Waals surface area (Å²) in [5, 5.41) is 27.3. The van der Waals surface area contributed by atoms with Gasteiger partial charge in [-0.25, -0.2) is 0 Å². The molecule has 1 heterocycles. The first kappa shape index (κ1) is 9.88. The third-order valence-corrected chi connectivity index (χ3v) is 2.03. The van der Waals surface area contributed by atoms with Gasteiger partial charge in [0.05, 0.1) is 13.2 Å². The van der Waals surface area contributed by atoms with Crippen LogP contribution in [0.2, 0.25) is 0 Å². The van der Waals surface area contributed by atoms with E-state index in [0.29, 0.717) is 0 Å². The lowest BCUT2D eigenvalue weighted by molar-refractivity contribution is -0.203. The lowest BCUT2D eigenvalue weighted by atomic mass is 10.0. The highest BCUT2D eigenvalue weighted by Crippen LogP contribution is 2.17. The third kappa shape index (κ3) is 1.75. The monoisotopic (exact) mass is 178 g/mol. The van der Waals surface area contributed by atoms with Crippen molar-refractivity contribution < 1.29 is 24.8 Å². The molecule has 12 heavy (non-hydrogen) atoms. The molecule has 3 unspecified atom stereocenters. The molecule has 1 rings (SSSR count). The molecule has 0 aliphatic carbocycles. The Balaban J connectivity index is 2.58. The Morgan fingerprint density at radius 3 is 2.67 bits per heavy atom. The highest BCUT2D eigenvalue weighted by molar-refractivity contribution is 4.87. The van der Waals surface area contributed by atoms with Crippen molar-refractivity contribution in [3.63, 3.8) is 0 Å². The molecule has 0 aromatic carbocycles. The summed E-state index contributed by atoms with van der Waals surface area (Å²) < 4.78 is 9.91. The zero-order chi connectivity index (χ0) is 9.14. The first-order valence-electron chi connectivity index (χ1n) is 3.82. The molecule has 1 aliphatic heterocycles. The first-order valence-corrected chi connectivity index (χ1v) is 3.82. The van der Waals surface area contributed by atoms with E-state index in [2.05, 4.69) is 0 Å². The van der Waals surface area contributed by atoms with Crippen molar-refractivity contribution in [2.24, 2.45) is 0 Å². The molecule has 0 bridgehead atoms. The fraction of sp³-hybridized carbons (Fsp3) is 1.00. The average molecular weight is 178 g/mol. The molecule has 0 aromatic rings. The molecule has 0 radical (unpaired) electrons. The molecule has 5 heteroatoms. The molecule has 5 nitrogen and oxygen atoms in total. The molecule has 0 spiro atoms. The molecular weight excluding hydrogens is 164 g/mol. The summed E-state index contributed by atoms with van der Waals surface area (Å²) >= 11 is 0. The van der Waals surface area contributed by atoms with Gasteiger partial charge in [-0.2, -0.15) is 0 Å². The van der Waals surface area contributed by atoms with Crippen LogP contribution in [0, 0.1) is 0 Å². The van der Waals surface area contributed by atoms with Gasteiger partial charge in [0.1, 0.15) is 24.4 Å². The van der Waals surface area contributed by atoms with Gasteiger partial charge < -0.3 is 24.8 Å². The van der Waals surface area contributed by atoms with Gasteiger partial charge in [-0.1, -0.05) is 0 Å². The number of ether oxygens (including phenoxy) is 2. The topological polar surface area (TPSA) is 79.2 Å². The minimum absolute atomic E-state index is 0.0340. The van der Waals surface area contributed by atoms with Gasteiger partial charge in [-0.15, -0.1) is 0 Å². The minimum atomic E-state index is -0.985. The molecule has 1 aliphatic rings. The summed E-state index contributed by atoms with van der Waals surface area (Å²) in [5.41, 5.74) is 0. The van der Waals surface area contributed by atoms with Crippen LogP contribution in [0.5, 0.6) is 0 Å². The molecule has 1 saturated heterocycles. The number of rotatable bonds is 2. The maximum atomic E-state index is 9.37. The Morgan fingerprint density at radius 2 is 2.17 bits per heavy atom. The van der Waals surface area contributed by atoms with Crippen molar-refractivity contribution in [2.45, 2.75) is 24.4 Å². The van der Waals surface area contributed by atoms with Crippen molar-refractivity contribution in [1.82, 2.24) is 0 Å². The predicted molar refractivity (Wildman–Crippen MR) is 39.6 cm³/mol. The van der Waals surface area contributed by atoms with Crippen molar-refractivity contribution in [3.8, 4) is 0 Å². The van der Waals surface area contributed by atoms with E-state index in [-0.39, 0.29) is 13.2 Å². The van der Waals surface area contributed by atoms with E-state index in [1.165, 1.54) is 7.11 Å². The second-order valence-electron chi connectivity index (χ2n) is 2.81. The van der Waals surface area contributed by atoms with E-state index >= 15 is 0 Å². The summed E-state index contributed by atoms with van der Waals surface area (Å²) in [4.78, 5) is 0. The van der Waals surface area contributed by atoms with Gasteiger partial charge in [0.2, 0.25) is 0 Å². The van der Waals surface area contributed by atoms with Crippen LogP contribution in [0.4, 0.5) is 0 Å². The maximum Gasteiger partial charge on any atom is 0.114 e. The molecule has 4 atom stereocenters. The second-order valence-corrected chi connectivity index (χ2v) is 2.81. The van der Waals surface area contributed by atoms with Crippen molar-refractivity contribution in [3.05, 3.63) is 0 Å². The van der Waals surface area contributed by atoms with Gasteiger partial charge >= 0.3 is 0 Å². The van der Waals surface area contributed by atoms with Crippen molar-refractivity contribution in [1.29, 1.82) is 0 Å². The SMILES string of the molecule is COC1C(CO)OC[C@@H](O)C1O. The van der Waals surface area contributed by atoms with Crippen LogP contribution >= 0.6 is 0 Å². The lowest BCUT2D eigenvalue weighted by Gasteiger charge is -2.36. The quantitative estimate of drug-likeness (QED) is 0.461. The number of aliphatic hydroxyl groups is 3. The Bertz CT molecular complexity index is 138. The largest absolute Gasteiger partial charge is 0.394 e. The Morgan fingerprint density at radius 1 is 1.50 bits per heavy atom. The standard InChI is InChI=1S/C7H14O5/c1-11-7-5(2-8)12-3-4(9)6(7)10/h4-10H,2-3H2,1H3/t4-,5?,6?,7?/m1/s1. The van der Waals surface area contributed by atoms with Crippen molar-refractivity contribution >= 4 is 0 Å². The average Bonchev–Trinajstić information content (AvgIpc) is 2.09. The fourth-order valence-electron chi connectivity index (χ4n) is 1.30. The van der Waals surface area contributed by atoms with E-state index < -0.39 is 24.4 Å². The molecule has 72 valence electrons. The lowest BCUT2D eigenvalue weighted by Crippen LogP contribution is -2.54. The first-order chi connectivity index (χ1) is 5.70. The number of hydrogen-bond donors (Lipinski definition) is 3. The summed E-state index contributed by atoms with van der Waals surface area (Å²) in [7, 11) is 1.40. The van der Waals surface area contributed by atoms with Crippen LogP contribution in [0.15, 0.2) is 0 Å². The van der Waals surface area contributed by atoms with Crippen LogP contribution in [-0.4, -0.2) is 60.1 Å². The molecule has 0 aromatic heterocycles. The predicted octanol–water partition coefficient (Wildman–Crippen LogP) is -1.89. The second kappa shape index (κ2) is 4.15. The summed E-state index contributed by atoms with van der Waals surface area (Å²) in [6.45, 7) is -0.186. The summed E-state index contributed by atoms with van der Waals surface area (Å²) in [6, 6.07) is 0. The van der Waals surface area contributed by atoms with Gasteiger partial charge in [0.15, 0.2) is 0 Å². The molecular formula is C7H14O5. The molecule has 3 N–H and O–H groups in total. The highest BCUT2D eigenvalue weighted by Gasteiger charge is 2.38. The van der Waals surface area contributed by atoms with Gasteiger partial charge in [-0.3, -0.25) is 0 Å². The Kier molecular flexibility index (Phi) is 3.42. The van der Waals surface area contributed by atoms with E-state index in [0.717, 1.165) is 0 Å². The summed E-state index contributed by atoms with van der Waals surface area (Å²) in [5.74, 6) is 0. The Hall–Kier alpha value is -0.200. The molecule has 0 amide bonds. The highest BCUT2D eigenvalue weighted by atomic mass is 16.6. The van der Waals surface area contributed by atoms with E-state index in [4.69, 9.17) is 19.7 Å². The summed E-state index contributed by atoms with van der Waals surface area (Å²) in [6.07, 6.45) is -3.12. The smallest absolute Gasteiger partial charge is 0.114 e. The van der Waals surface area contributed by atoms with E-state index in [9.17, 15) is 5.11 Å². The van der Waals surface area contributed by atoms with Crippen LogP contribution in [-0.2, 0) is 9.47 Å². The van der Waals surface area contributed by atoms with Crippen molar-refractivity contribution in [2.75, 3.05) is 20.3 Å². The van der Waals surface area contributed by atoms with Gasteiger partial charge in [-0.05, 0) is 0 Å². The van der Waals surface area contributed by atoms with Crippen LogP contribution in [0.1, 0.15) is 0 Å². The molecule has 0 saturated carbocycles. The number of aliphatic hydroxyl groups excluding tert-OH is 3. The fourth-order valence-corrected chi connectivity index (χ4v) is 1.30. The van der Waals surface area contributed by atoms with E-state index in [1.807, 2.05) is 0 Å². The van der Waals surface area contributed by atoms with Crippen LogP contribution in [0.3, 0.4) is 0 Å².